The van der Waals surface area contributed by atoms with Gasteiger partial charge in [-0.2, -0.15) is 0 Å². The van der Waals surface area contributed by atoms with Crippen molar-refractivity contribution in [1.29, 1.82) is 0 Å². The molecule has 0 heterocycles. The second-order valence-corrected chi connectivity index (χ2v) is 4.61. The van der Waals surface area contributed by atoms with Crippen LogP contribution in [-0.4, -0.2) is 18.0 Å². The molecule has 0 aliphatic rings. The third kappa shape index (κ3) is 4.27. The molecule has 0 aliphatic heterocycles. The number of nitrogens with one attached hydrogen (secondary N) is 1. The van der Waals surface area contributed by atoms with Crippen LogP contribution in [0.4, 0.5) is 0 Å². The summed E-state index contributed by atoms with van der Waals surface area (Å²) in [5.74, 6) is -0.0510. The molecule has 0 fully saturated rings. The van der Waals surface area contributed by atoms with Crippen LogP contribution in [-0.2, 0) is 4.79 Å². The van der Waals surface area contributed by atoms with E-state index >= 15 is 0 Å². The summed E-state index contributed by atoms with van der Waals surface area (Å²) in [5, 5.41) is 2.91. The van der Waals surface area contributed by atoms with Crippen LogP contribution in [0.1, 0.15) is 41.0 Å². The molecule has 0 spiro atoms. The van der Waals surface area contributed by atoms with Gasteiger partial charge in [0.2, 0.25) is 5.91 Å². The highest BCUT2D eigenvalue weighted by Gasteiger charge is 2.23. The average Bonchev–Trinajstić information content (AvgIpc) is 2.01. The summed E-state index contributed by atoms with van der Waals surface area (Å²) in [6, 6.07) is -0.220. The van der Waals surface area contributed by atoms with Gasteiger partial charge in [-0.25, -0.2) is 0 Å². The summed E-state index contributed by atoms with van der Waals surface area (Å²) in [6.07, 6.45) is 0.683. The molecule has 3 heteroatoms. The SMILES string of the molecule is CC[C@H](N)C(=O)NC(C)C(C)(C)C. The van der Waals surface area contributed by atoms with Gasteiger partial charge < -0.3 is 11.1 Å². The van der Waals surface area contributed by atoms with Gasteiger partial charge in [-0.3, -0.25) is 4.79 Å². The number of carbonyl (C=O) groups excluding carboxylic acids is 1. The van der Waals surface area contributed by atoms with Crippen molar-refractivity contribution in [2.24, 2.45) is 11.1 Å². The standard InChI is InChI=1S/C10H22N2O/c1-6-8(11)9(13)12-7(2)10(3,4)5/h7-8H,6,11H2,1-5H3,(H,12,13)/t7?,8-/m0/s1. The van der Waals surface area contributed by atoms with Crippen molar-refractivity contribution in [3.05, 3.63) is 0 Å². The first-order valence-corrected chi connectivity index (χ1v) is 4.85. The smallest absolute Gasteiger partial charge is 0.237 e. The van der Waals surface area contributed by atoms with E-state index in [0.29, 0.717) is 6.42 Å². The summed E-state index contributed by atoms with van der Waals surface area (Å²) in [6.45, 7) is 10.2. The Morgan fingerprint density at radius 1 is 1.46 bits per heavy atom. The Morgan fingerprint density at radius 2 is 1.92 bits per heavy atom. The molecule has 0 aromatic rings. The van der Waals surface area contributed by atoms with Crippen LogP contribution < -0.4 is 11.1 Å². The molecule has 0 rings (SSSR count). The molecule has 2 atom stereocenters. The Bertz CT molecular complexity index is 172. The predicted octanol–water partition coefficient (Wildman–Crippen LogP) is 1.27. The third-order valence-corrected chi connectivity index (χ3v) is 2.43. The second-order valence-electron chi connectivity index (χ2n) is 4.61. The van der Waals surface area contributed by atoms with Gasteiger partial charge in [-0.05, 0) is 18.8 Å². The number of carbonyl (C=O) groups is 1. The van der Waals surface area contributed by atoms with E-state index in [4.69, 9.17) is 5.73 Å². The van der Waals surface area contributed by atoms with E-state index < -0.39 is 0 Å². The number of rotatable bonds is 3. The van der Waals surface area contributed by atoms with Gasteiger partial charge in [0.15, 0.2) is 0 Å². The monoisotopic (exact) mass is 186 g/mol. The lowest BCUT2D eigenvalue weighted by molar-refractivity contribution is -0.123. The molecule has 0 saturated carbocycles. The fraction of sp³-hybridized carbons (Fsp3) is 0.900. The lowest BCUT2D eigenvalue weighted by atomic mass is 9.88. The Morgan fingerprint density at radius 3 is 2.23 bits per heavy atom. The van der Waals surface area contributed by atoms with Gasteiger partial charge in [0.05, 0.1) is 6.04 Å². The van der Waals surface area contributed by atoms with Crippen molar-refractivity contribution in [1.82, 2.24) is 5.32 Å². The lowest BCUT2D eigenvalue weighted by Gasteiger charge is -2.29. The van der Waals surface area contributed by atoms with E-state index in [1.165, 1.54) is 0 Å². The molecule has 1 unspecified atom stereocenters. The van der Waals surface area contributed by atoms with E-state index in [1.807, 2.05) is 13.8 Å². The van der Waals surface area contributed by atoms with Crippen LogP contribution in [0.5, 0.6) is 0 Å². The van der Waals surface area contributed by atoms with Gasteiger partial charge >= 0.3 is 0 Å². The summed E-state index contributed by atoms with van der Waals surface area (Å²) in [7, 11) is 0. The molecule has 78 valence electrons. The fourth-order valence-electron chi connectivity index (χ4n) is 0.722. The predicted molar refractivity (Wildman–Crippen MR) is 55.3 cm³/mol. The van der Waals surface area contributed by atoms with Crippen LogP contribution in [0, 0.1) is 5.41 Å². The maximum absolute atomic E-state index is 11.4. The van der Waals surface area contributed by atoms with Crippen molar-refractivity contribution in [2.45, 2.75) is 53.1 Å². The molecule has 0 radical (unpaired) electrons. The van der Waals surface area contributed by atoms with Crippen molar-refractivity contribution < 1.29 is 4.79 Å². The minimum Gasteiger partial charge on any atom is -0.352 e. The van der Waals surface area contributed by atoms with E-state index in [1.54, 1.807) is 0 Å². The first-order chi connectivity index (χ1) is 5.79. The maximum atomic E-state index is 11.4. The molecule has 3 N–H and O–H groups in total. The van der Waals surface area contributed by atoms with E-state index in [-0.39, 0.29) is 23.4 Å². The van der Waals surface area contributed by atoms with Gasteiger partial charge in [0, 0.05) is 6.04 Å². The van der Waals surface area contributed by atoms with Crippen LogP contribution in [0.3, 0.4) is 0 Å². The van der Waals surface area contributed by atoms with Crippen molar-refractivity contribution >= 4 is 5.91 Å². The van der Waals surface area contributed by atoms with E-state index in [2.05, 4.69) is 26.1 Å². The normalized spacial score (nSPS) is 16.5. The van der Waals surface area contributed by atoms with Crippen LogP contribution >= 0.6 is 0 Å². The molecular formula is C10H22N2O. The van der Waals surface area contributed by atoms with E-state index in [9.17, 15) is 4.79 Å². The minimum atomic E-state index is -0.371. The summed E-state index contributed by atoms with van der Waals surface area (Å²) >= 11 is 0. The van der Waals surface area contributed by atoms with Crippen molar-refractivity contribution in [3.8, 4) is 0 Å². The second kappa shape index (κ2) is 4.61. The highest BCUT2D eigenvalue weighted by Crippen LogP contribution is 2.18. The molecule has 3 nitrogen and oxygen atoms in total. The molecule has 0 aromatic carbocycles. The first-order valence-electron chi connectivity index (χ1n) is 4.85. The molecular weight excluding hydrogens is 164 g/mol. The minimum absolute atomic E-state index is 0.0510. The van der Waals surface area contributed by atoms with Gasteiger partial charge in [0.25, 0.3) is 0 Å². The molecule has 1 amide bonds. The zero-order valence-corrected chi connectivity index (χ0v) is 9.35. The molecule has 0 bridgehead atoms. The number of nitrogens with two attached hydrogens (primary N) is 1. The number of hydrogen-bond acceptors (Lipinski definition) is 2. The number of amides is 1. The quantitative estimate of drug-likeness (QED) is 0.697. The summed E-state index contributed by atoms with van der Waals surface area (Å²) in [4.78, 5) is 11.4. The van der Waals surface area contributed by atoms with Gasteiger partial charge in [-0.1, -0.05) is 27.7 Å². The van der Waals surface area contributed by atoms with E-state index in [0.717, 1.165) is 0 Å². The maximum Gasteiger partial charge on any atom is 0.237 e. The molecule has 13 heavy (non-hydrogen) atoms. The van der Waals surface area contributed by atoms with Crippen molar-refractivity contribution in [3.63, 3.8) is 0 Å². The lowest BCUT2D eigenvalue weighted by Crippen LogP contribution is -2.48. The Labute approximate surface area is 81.1 Å². The zero-order valence-electron chi connectivity index (χ0n) is 9.35. The largest absolute Gasteiger partial charge is 0.352 e. The first kappa shape index (κ1) is 12.4. The molecule has 0 saturated heterocycles. The zero-order chi connectivity index (χ0) is 10.6. The summed E-state index contributed by atoms with van der Waals surface area (Å²) < 4.78 is 0. The summed E-state index contributed by atoms with van der Waals surface area (Å²) in [5.41, 5.74) is 5.68. The van der Waals surface area contributed by atoms with Crippen LogP contribution in [0.25, 0.3) is 0 Å². The van der Waals surface area contributed by atoms with Gasteiger partial charge in [0.1, 0.15) is 0 Å². The Kier molecular flexibility index (Phi) is 4.40. The topological polar surface area (TPSA) is 55.1 Å². The highest BCUT2D eigenvalue weighted by atomic mass is 16.2. The van der Waals surface area contributed by atoms with Crippen LogP contribution in [0.2, 0.25) is 0 Å². The fourth-order valence-corrected chi connectivity index (χ4v) is 0.722. The number of hydrogen-bond donors (Lipinski definition) is 2. The van der Waals surface area contributed by atoms with Gasteiger partial charge in [-0.15, -0.1) is 0 Å². The molecule has 0 aromatic heterocycles. The average molecular weight is 186 g/mol. The Hall–Kier alpha value is -0.570. The highest BCUT2D eigenvalue weighted by molar-refractivity contribution is 5.81. The van der Waals surface area contributed by atoms with Crippen LogP contribution in [0.15, 0.2) is 0 Å². The third-order valence-electron chi connectivity index (χ3n) is 2.43. The van der Waals surface area contributed by atoms with Crippen molar-refractivity contribution in [2.75, 3.05) is 0 Å². The Balaban J connectivity index is 4.07. The molecule has 0 aliphatic carbocycles.